The molecule has 10 nitrogen and oxygen atoms in total. The molecule has 218 valence electrons. The van der Waals surface area contributed by atoms with Crippen molar-refractivity contribution in [2.45, 2.75) is 30.9 Å². The van der Waals surface area contributed by atoms with Crippen molar-refractivity contribution in [3.05, 3.63) is 59.4 Å². The number of likely N-dealkylation sites (tertiary alicyclic amines) is 1. The number of aliphatic hydroxyl groups is 1. The Labute approximate surface area is 240 Å². The van der Waals surface area contributed by atoms with E-state index in [1.54, 1.807) is 12.1 Å². The highest BCUT2D eigenvalue weighted by molar-refractivity contribution is 6.31. The molecule has 1 aliphatic heterocycles. The summed E-state index contributed by atoms with van der Waals surface area (Å²) in [6, 6.07) is 7.37. The molecule has 0 radical (unpaired) electrons. The minimum atomic E-state index is -0.947. The van der Waals surface area contributed by atoms with Crippen LogP contribution in [0.4, 0.5) is 26.0 Å². The third-order valence-corrected chi connectivity index (χ3v) is 7.28. The van der Waals surface area contributed by atoms with Crippen LogP contribution in [-0.4, -0.2) is 77.0 Å². The molecule has 5 rings (SSSR count). The Kier molecular flexibility index (Phi) is 8.95. The van der Waals surface area contributed by atoms with Crippen LogP contribution in [0.15, 0.2) is 48.6 Å². The normalized spacial score (nSPS) is 18.5. The summed E-state index contributed by atoms with van der Waals surface area (Å²) >= 11 is 5.92. The first kappa shape index (κ1) is 29.1. The van der Waals surface area contributed by atoms with Crippen LogP contribution in [-0.2, 0) is 9.53 Å². The number of hydrogen-bond donors (Lipinski definition) is 4. The fourth-order valence-corrected chi connectivity index (χ4v) is 4.62. The predicted octanol–water partition coefficient (Wildman–Crippen LogP) is 3.91. The number of amides is 1. The Morgan fingerprint density at radius 3 is 2.88 bits per heavy atom. The molecule has 2 aliphatic rings. The minimum Gasteiger partial charge on any atom is -0.489 e. The van der Waals surface area contributed by atoms with E-state index < -0.39 is 23.1 Å². The highest BCUT2D eigenvalue weighted by Gasteiger charge is 2.39. The highest BCUT2D eigenvalue weighted by atomic mass is 35.5. The van der Waals surface area contributed by atoms with Crippen LogP contribution in [0, 0.1) is 5.82 Å². The summed E-state index contributed by atoms with van der Waals surface area (Å²) < 4.78 is 40.1. The molecule has 2 heterocycles. The maximum absolute atomic E-state index is 14.9. The van der Waals surface area contributed by atoms with Gasteiger partial charge in [0.1, 0.15) is 30.3 Å². The molecule has 1 saturated carbocycles. The van der Waals surface area contributed by atoms with Crippen molar-refractivity contribution in [3.63, 3.8) is 0 Å². The number of rotatable bonds is 12. The topological polar surface area (TPSA) is 135 Å². The first-order chi connectivity index (χ1) is 19.7. The lowest BCUT2D eigenvalue weighted by Crippen LogP contribution is -2.30. The number of hydrogen-bond acceptors (Lipinski definition) is 9. The van der Waals surface area contributed by atoms with Gasteiger partial charge in [-0.05, 0) is 49.6 Å². The summed E-state index contributed by atoms with van der Waals surface area (Å²) in [6.07, 6.45) is 4.95. The number of aliphatic hydroxyl groups excluding tert-OH is 1. The van der Waals surface area contributed by atoms with Gasteiger partial charge in [-0.25, -0.2) is 18.7 Å². The first-order valence-electron chi connectivity index (χ1n) is 13.3. The van der Waals surface area contributed by atoms with Gasteiger partial charge in [0, 0.05) is 36.8 Å². The molecule has 2 aromatic carbocycles. The maximum Gasteiger partial charge on any atom is 0.284 e. The van der Waals surface area contributed by atoms with Crippen LogP contribution in [0.3, 0.4) is 0 Å². The Balaban J connectivity index is 1.36. The summed E-state index contributed by atoms with van der Waals surface area (Å²) in [5.41, 5.74) is 6.95. The van der Waals surface area contributed by atoms with Gasteiger partial charge >= 0.3 is 0 Å². The van der Waals surface area contributed by atoms with Crippen molar-refractivity contribution >= 4 is 45.6 Å². The van der Waals surface area contributed by atoms with E-state index >= 15 is 0 Å². The quantitative estimate of drug-likeness (QED) is 0.232. The van der Waals surface area contributed by atoms with E-state index in [-0.39, 0.29) is 48.9 Å². The molecule has 1 aliphatic carbocycles. The number of carbonyl (C=O) groups is 1. The second-order valence-corrected chi connectivity index (χ2v) is 10.7. The van der Waals surface area contributed by atoms with Crippen molar-refractivity contribution < 1.29 is 28.2 Å². The SMILES string of the molecule is NC1(COc2cc3ncnc(Nc4ccc(F)c(Cl)c4)c3cc2NC(=O)/C(F)=C\CN2CC[C@@H](OCCO)C2)CC1. The number of nitrogens with two attached hydrogens (primary N) is 1. The van der Waals surface area contributed by atoms with Crippen molar-refractivity contribution in [2.24, 2.45) is 5.73 Å². The molecule has 1 saturated heterocycles. The van der Waals surface area contributed by atoms with E-state index in [0.717, 1.165) is 19.3 Å². The third kappa shape index (κ3) is 7.46. The van der Waals surface area contributed by atoms with Crippen LogP contribution < -0.4 is 21.1 Å². The van der Waals surface area contributed by atoms with Crippen molar-refractivity contribution in [2.75, 3.05) is 50.1 Å². The summed E-state index contributed by atoms with van der Waals surface area (Å²) in [5, 5.41) is 15.0. The van der Waals surface area contributed by atoms with E-state index in [2.05, 4.69) is 20.6 Å². The number of carbonyl (C=O) groups excluding carboxylic acids is 1. The van der Waals surface area contributed by atoms with Crippen LogP contribution in [0.5, 0.6) is 5.75 Å². The van der Waals surface area contributed by atoms with Crippen molar-refractivity contribution in [3.8, 4) is 5.75 Å². The van der Waals surface area contributed by atoms with Gasteiger partial charge in [-0.1, -0.05) is 11.6 Å². The van der Waals surface area contributed by atoms with Crippen molar-refractivity contribution in [1.29, 1.82) is 0 Å². The van der Waals surface area contributed by atoms with E-state index in [9.17, 15) is 13.6 Å². The Morgan fingerprint density at radius 1 is 1.29 bits per heavy atom. The van der Waals surface area contributed by atoms with Gasteiger partial charge in [0.25, 0.3) is 5.91 Å². The molecule has 1 amide bonds. The lowest BCUT2D eigenvalue weighted by atomic mass is 10.1. The van der Waals surface area contributed by atoms with Gasteiger partial charge in [-0.2, -0.15) is 0 Å². The number of ether oxygens (including phenoxy) is 2. The number of aromatic nitrogens is 2. The molecule has 13 heteroatoms. The number of fused-ring (bicyclic) bond motifs is 1. The minimum absolute atomic E-state index is 0.0296. The van der Waals surface area contributed by atoms with Crippen LogP contribution in [0.1, 0.15) is 19.3 Å². The van der Waals surface area contributed by atoms with Gasteiger partial charge in [0.05, 0.1) is 41.1 Å². The summed E-state index contributed by atoms with van der Waals surface area (Å²) in [5.74, 6) is -1.79. The second-order valence-electron chi connectivity index (χ2n) is 10.3. The molecular formula is C28H31ClF2N6O4. The largest absolute Gasteiger partial charge is 0.489 e. The molecule has 2 fully saturated rings. The smallest absolute Gasteiger partial charge is 0.284 e. The van der Waals surface area contributed by atoms with Crippen LogP contribution in [0.2, 0.25) is 5.02 Å². The summed E-state index contributed by atoms with van der Waals surface area (Å²) in [7, 11) is 0. The molecule has 0 spiro atoms. The van der Waals surface area contributed by atoms with E-state index in [1.807, 2.05) is 4.90 Å². The average Bonchev–Trinajstić information content (AvgIpc) is 3.52. The predicted molar refractivity (Wildman–Crippen MR) is 152 cm³/mol. The molecule has 0 bridgehead atoms. The molecule has 5 N–H and O–H groups in total. The standard InChI is InChI=1S/C28H31ClF2N6O4/c29-20-11-17(1-2-21(20)30)35-26-19-12-24(25(13-23(19)33-16-34-26)41-15-28(32)5-6-28)36-27(39)22(31)4-8-37-7-3-18(14-37)40-10-9-38/h1-2,4,11-13,16,18,38H,3,5-10,14-15,32H2,(H,36,39)(H,33,34,35)/b22-4+/t18-/m1/s1. The number of halogens is 3. The zero-order chi connectivity index (χ0) is 29.0. The fraction of sp³-hybridized carbons (Fsp3) is 0.393. The molecule has 1 atom stereocenters. The fourth-order valence-electron chi connectivity index (χ4n) is 4.44. The molecular weight excluding hydrogens is 558 g/mol. The van der Waals surface area contributed by atoms with Gasteiger partial charge in [-0.3, -0.25) is 9.69 Å². The van der Waals surface area contributed by atoms with Gasteiger partial charge < -0.3 is 30.9 Å². The lowest BCUT2D eigenvalue weighted by molar-refractivity contribution is -0.114. The van der Waals surface area contributed by atoms with Gasteiger partial charge in [0.15, 0.2) is 5.83 Å². The highest BCUT2D eigenvalue weighted by Crippen LogP contribution is 2.37. The molecule has 0 unspecified atom stereocenters. The maximum atomic E-state index is 14.9. The molecule has 41 heavy (non-hydrogen) atoms. The third-order valence-electron chi connectivity index (χ3n) is 6.99. The zero-order valence-electron chi connectivity index (χ0n) is 22.2. The summed E-state index contributed by atoms with van der Waals surface area (Å²) in [6.45, 7) is 1.94. The molecule has 1 aromatic heterocycles. The number of benzene rings is 2. The first-order valence-corrected chi connectivity index (χ1v) is 13.7. The number of anilines is 3. The van der Waals surface area contributed by atoms with E-state index in [0.29, 0.717) is 35.5 Å². The average molecular weight is 589 g/mol. The Bertz CT molecular complexity index is 1450. The van der Waals surface area contributed by atoms with Crippen LogP contribution in [0.25, 0.3) is 10.9 Å². The number of nitrogens with zero attached hydrogens (tertiary/aromatic N) is 3. The summed E-state index contributed by atoms with van der Waals surface area (Å²) in [4.78, 5) is 23.4. The second kappa shape index (κ2) is 12.6. The Morgan fingerprint density at radius 2 is 2.12 bits per heavy atom. The monoisotopic (exact) mass is 588 g/mol. The van der Waals surface area contributed by atoms with Gasteiger partial charge in [0.2, 0.25) is 0 Å². The lowest BCUT2D eigenvalue weighted by Gasteiger charge is -2.17. The Hall–Kier alpha value is -3.42. The van der Waals surface area contributed by atoms with Crippen molar-refractivity contribution in [1.82, 2.24) is 14.9 Å². The molecule has 3 aromatic rings. The zero-order valence-corrected chi connectivity index (χ0v) is 23.0. The van der Waals surface area contributed by atoms with E-state index in [4.69, 9.17) is 31.9 Å². The number of nitrogens with one attached hydrogen (secondary N) is 2. The van der Waals surface area contributed by atoms with Gasteiger partial charge in [-0.15, -0.1) is 0 Å². The van der Waals surface area contributed by atoms with Crippen LogP contribution >= 0.6 is 11.6 Å². The van der Waals surface area contributed by atoms with E-state index in [1.165, 1.54) is 30.6 Å².